The number of hydrogen-bond donors (Lipinski definition) is 1. The van der Waals surface area contributed by atoms with Crippen molar-refractivity contribution in [2.45, 2.75) is 39.0 Å². The molecule has 3 heteroatoms. The zero-order valence-electron chi connectivity index (χ0n) is 19.4. The Labute approximate surface area is 197 Å². The highest BCUT2D eigenvalue weighted by atomic mass is 16.1. The van der Waals surface area contributed by atoms with Crippen molar-refractivity contribution in [2.24, 2.45) is 0 Å². The minimum absolute atomic E-state index is 0.0636. The van der Waals surface area contributed by atoms with Crippen LogP contribution in [0.4, 0.5) is 5.69 Å². The lowest BCUT2D eigenvalue weighted by Crippen LogP contribution is -2.23. The second kappa shape index (κ2) is 9.76. The van der Waals surface area contributed by atoms with Crippen molar-refractivity contribution in [3.63, 3.8) is 0 Å². The van der Waals surface area contributed by atoms with Crippen LogP contribution in [0.15, 0.2) is 72.3 Å². The van der Waals surface area contributed by atoms with Gasteiger partial charge in [0.25, 0.3) is 5.91 Å². The fourth-order valence-corrected chi connectivity index (χ4v) is 5.10. The number of likely N-dealkylation sites (tertiary alicyclic amines) is 1. The summed E-state index contributed by atoms with van der Waals surface area (Å²) in [5.41, 5.74) is 9.41. The number of fused-ring (bicyclic) bond motifs is 1. The molecule has 1 aliphatic heterocycles. The smallest absolute Gasteiger partial charge is 0.255 e. The molecule has 2 aliphatic rings. The maximum Gasteiger partial charge on any atom is 0.255 e. The molecule has 1 heterocycles. The highest BCUT2D eigenvalue weighted by molar-refractivity contribution is 6.04. The van der Waals surface area contributed by atoms with E-state index in [-0.39, 0.29) is 5.91 Å². The quantitative estimate of drug-likeness (QED) is 0.472. The molecule has 5 rings (SSSR count). The molecule has 1 aliphatic carbocycles. The standard InChI is InChI=1S/C30H32N2O/c1-2-23-7-3-4-8-29(23)24-11-13-25(14-12-24)30(33)31-28-16-15-26-19-22(9-10-27(26)20-28)21-32-17-5-6-18-32/h3-4,7-8,11-16,19-20H,2,5-6,9-10,17-18,21H2,1H3,(H,31,33). The fourth-order valence-electron chi connectivity index (χ4n) is 5.10. The van der Waals surface area contributed by atoms with E-state index in [1.807, 2.05) is 30.3 Å². The Morgan fingerprint density at radius 1 is 0.939 bits per heavy atom. The van der Waals surface area contributed by atoms with Gasteiger partial charge in [-0.2, -0.15) is 0 Å². The molecule has 1 fully saturated rings. The molecule has 0 aromatic heterocycles. The molecular formula is C30H32N2O. The van der Waals surface area contributed by atoms with Crippen LogP contribution >= 0.6 is 0 Å². The van der Waals surface area contributed by atoms with Crippen LogP contribution in [0.5, 0.6) is 0 Å². The summed E-state index contributed by atoms with van der Waals surface area (Å²) in [5.74, 6) is -0.0636. The molecule has 3 nitrogen and oxygen atoms in total. The summed E-state index contributed by atoms with van der Waals surface area (Å²) >= 11 is 0. The predicted molar refractivity (Wildman–Crippen MR) is 138 cm³/mol. The third-order valence-corrected chi connectivity index (χ3v) is 6.96. The van der Waals surface area contributed by atoms with Crippen molar-refractivity contribution < 1.29 is 4.79 Å². The van der Waals surface area contributed by atoms with Crippen LogP contribution in [0.25, 0.3) is 17.2 Å². The van der Waals surface area contributed by atoms with Crippen molar-refractivity contribution >= 4 is 17.7 Å². The van der Waals surface area contributed by atoms with Crippen LogP contribution in [0.3, 0.4) is 0 Å². The van der Waals surface area contributed by atoms with Gasteiger partial charge in [-0.15, -0.1) is 0 Å². The molecule has 0 radical (unpaired) electrons. The fraction of sp³-hybridized carbons (Fsp3) is 0.300. The third-order valence-electron chi connectivity index (χ3n) is 6.96. The summed E-state index contributed by atoms with van der Waals surface area (Å²) in [4.78, 5) is 15.4. The number of nitrogens with one attached hydrogen (secondary N) is 1. The van der Waals surface area contributed by atoms with Crippen molar-refractivity contribution in [3.05, 3.63) is 94.6 Å². The van der Waals surface area contributed by atoms with Gasteiger partial charge in [-0.05, 0) is 97.3 Å². The Morgan fingerprint density at radius 3 is 2.52 bits per heavy atom. The highest BCUT2D eigenvalue weighted by Gasteiger charge is 2.17. The second-order valence-electron chi connectivity index (χ2n) is 9.24. The number of amides is 1. The lowest BCUT2D eigenvalue weighted by molar-refractivity contribution is 0.102. The molecule has 168 valence electrons. The number of rotatable bonds is 6. The van der Waals surface area contributed by atoms with Gasteiger partial charge in [0, 0.05) is 17.8 Å². The van der Waals surface area contributed by atoms with Gasteiger partial charge in [-0.25, -0.2) is 0 Å². The highest BCUT2D eigenvalue weighted by Crippen LogP contribution is 2.28. The molecule has 0 spiro atoms. The van der Waals surface area contributed by atoms with Gasteiger partial charge in [0.05, 0.1) is 0 Å². The van der Waals surface area contributed by atoms with Crippen molar-refractivity contribution in [1.82, 2.24) is 4.90 Å². The van der Waals surface area contributed by atoms with Gasteiger partial charge in [0.2, 0.25) is 0 Å². The van der Waals surface area contributed by atoms with Crippen LogP contribution in [0, 0.1) is 0 Å². The zero-order valence-corrected chi connectivity index (χ0v) is 19.4. The first-order chi connectivity index (χ1) is 16.2. The summed E-state index contributed by atoms with van der Waals surface area (Å²) in [7, 11) is 0. The van der Waals surface area contributed by atoms with Crippen LogP contribution in [0.2, 0.25) is 0 Å². The minimum atomic E-state index is -0.0636. The summed E-state index contributed by atoms with van der Waals surface area (Å²) in [6.07, 6.45) is 8.18. The van der Waals surface area contributed by atoms with Gasteiger partial charge in [0.15, 0.2) is 0 Å². The van der Waals surface area contributed by atoms with E-state index in [1.165, 1.54) is 53.8 Å². The minimum Gasteiger partial charge on any atom is -0.322 e. The average molecular weight is 437 g/mol. The molecule has 0 unspecified atom stereocenters. The van der Waals surface area contributed by atoms with Gasteiger partial charge in [-0.1, -0.05) is 61.0 Å². The SMILES string of the molecule is CCc1ccccc1-c1ccc(C(=O)Nc2ccc3c(c2)CCC(CN2CCCC2)=C3)cc1. The van der Waals surface area contributed by atoms with E-state index in [0.717, 1.165) is 37.1 Å². The van der Waals surface area contributed by atoms with Gasteiger partial charge >= 0.3 is 0 Å². The number of benzene rings is 3. The zero-order chi connectivity index (χ0) is 22.6. The molecule has 1 amide bonds. The molecule has 3 aromatic carbocycles. The van der Waals surface area contributed by atoms with Crippen molar-refractivity contribution in [3.8, 4) is 11.1 Å². The number of carbonyl (C=O) groups is 1. The van der Waals surface area contributed by atoms with E-state index >= 15 is 0 Å². The lowest BCUT2D eigenvalue weighted by Gasteiger charge is -2.22. The van der Waals surface area contributed by atoms with Crippen molar-refractivity contribution in [2.75, 3.05) is 25.0 Å². The Balaban J connectivity index is 1.26. The molecule has 0 bridgehead atoms. The summed E-state index contributed by atoms with van der Waals surface area (Å²) in [6, 6.07) is 22.7. The molecular weight excluding hydrogens is 404 g/mol. The Kier molecular flexibility index (Phi) is 6.41. The van der Waals surface area contributed by atoms with E-state index in [2.05, 4.69) is 59.6 Å². The van der Waals surface area contributed by atoms with Crippen LogP contribution in [-0.2, 0) is 12.8 Å². The van der Waals surface area contributed by atoms with Gasteiger partial charge in [0.1, 0.15) is 0 Å². The van der Waals surface area contributed by atoms with E-state index < -0.39 is 0 Å². The number of anilines is 1. The summed E-state index contributed by atoms with van der Waals surface area (Å²) in [5, 5.41) is 3.09. The third kappa shape index (κ3) is 4.94. The molecule has 1 saturated heterocycles. The molecule has 33 heavy (non-hydrogen) atoms. The van der Waals surface area contributed by atoms with Crippen molar-refractivity contribution in [1.29, 1.82) is 0 Å². The van der Waals surface area contributed by atoms with Gasteiger partial charge < -0.3 is 5.32 Å². The van der Waals surface area contributed by atoms with E-state index in [1.54, 1.807) is 0 Å². The maximum absolute atomic E-state index is 12.9. The van der Waals surface area contributed by atoms with Gasteiger partial charge in [-0.3, -0.25) is 9.69 Å². The largest absolute Gasteiger partial charge is 0.322 e. The first kappa shape index (κ1) is 21.7. The Bertz CT molecular complexity index is 1170. The first-order valence-corrected chi connectivity index (χ1v) is 12.2. The first-order valence-electron chi connectivity index (χ1n) is 12.2. The summed E-state index contributed by atoms with van der Waals surface area (Å²) < 4.78 is 0. The average Bonchev–Trinajstić information content (AvgIpc) is 3.37. The van der Waals surface area contributed by atoms with Crippen LogP contribution < -0.4 is 5.32 Å². The van der Waals surface area contributed by atoms with E-state index in [0.29, 0.717) is 5.56 Å². The van der Waals surface area contributed by atoms with Crippen LogP contribution in [0.1, 0.15) is 53.2 Å². The summed E-state index contributed by atoms with van der Waals surface area (Å²) in [6.45, 7) is 5.75. The number of nitrogens with zero attached hydrogens (tertiary/aromatic N) is 1. The topological polar surface area (TPSA) is 32.3 Å². The van der Waals surface area contributed by atoms with Crippen LogP contribution in [-0.4, -0.2) is 30.4 Å². The van der Waals surface area contributed by atoms with E-state index in [4.69, 9.17) is 0 Å². The number of carbonyl (C=O) groups excluding carboxylic acids is 1. The Hall–Kier alpha value is -3.17. The molecule has 0 atom stereocenters. The predicted octanol–water partition coefficient (Wildman–Crippen LogP) is 6.59. The molecule has 3 aromatic rings. The molecule has 1 N–H and O–H groups in total. The number of aryl methyl sites for hydroxylation is 2. The lowest BCUT2D eigenvalue weighted by atomic mass is 9.91. The van der Waals surface area contributed by atoms with E-state index in [9.17, 15) is 4.79 Å². The second-order valence-corrected chi connectivity index (χ2v) is 9.24. The molecule has 0 saturated carbocycles. The maximum atomic E-state index is 12.9. The Morgan fingerprint density at radius 2 is 1.73 bits per heavy atom. The normalized spacial score (nSPS) is 15.7. The number of hydrogen-bond acceptors (Lipinski definition) is 2. The monoisotopic (exact) mass is 436 g/mol.